The highest BCUT2D eigenvalue weighted by Crippen LogP contribution is 2.20. The van der Waals surface area contributed by atoms with Crippen LogP contribution in [-0.4, -0.2) is 28.7 Å². The van der Waals surface area contributed by atoms with Crippen LogP contribution in [0.1, 0.15) is 31.1 Å². The van der Waals surface area contributed by atoms with Crippen LogP contribution in [0, 0.1) is 5.82 Å². The Morgan fingerprint density at radius 3 is 2.39 bits per heavy atom. The molecule has 0 unspecified atom stereocenters. The van der Waals surface area contributed by atoms with Gasteiger partial charge in [-0.2, -0.15) is 0 Å². The van der Waals surface area contributed by atoms with Crippen molar-refractivity contribution in [3.8, 4) is 0 Å². The molecule has 0 atom stereocenters. The highest BCUT2D eigenvalue weighted by Gasteiger charge is 2.24. The van der Waals surface area contributed by atoms with Gasteiger partial charge in [-0.25, -0.2) is 9.18 Å². The quantitative estimate of drug-likeness (QED) is 0.626. The van der Waals surface area contributed by atoms with Crippen LogP contribution in [-0.2, 0) is 4.74 Å². The lowest BCUT2D eigenvalue weighted by molar-refractivity contribution is 0.00692. The molecule has 0 spiro atoms. The molecule has 98 valence electrons. The van der Waals surface area contributed by atoms with E-state index in [1.165, 1.54) is 0 Å². The normalized spacial score (nSPS) is 11.3. The Labute approximate surface area is 109 Å². The number of rotatable bonds is 2. The first-order valence-corrected chi connectivity index (χ1v) is 5.58. The van der Waals surface area contributed by atoms with Gasteiger partial charge in [-0.1, -0.05) is 11.6 Å². The van der Waals surface area contributed by atoms with Crippen LogP contribution in [0.15, 0.2) is 12.1 Å². The van der Waals surface area contributed by atoms with Crippen LogP contribution in [0.2, 0.25) is 5.02 Å². The molecule has 4 nitrogen and oxygen atoms in total. The van der Waals surface area contributed by atoms with Crippen molar-refractivity contribution in [1.29, 1.82) is 0 Å². The average Bonchev–Trinajstić information content (AvgIpc) is 2.17. The van der Waals surface area contributed by atoms with E-state index in [0.29, 0.717) is 0 Å². The fourth-order valence-corrected chi connectivity index (χ4v) is 1.50. The Balaban J connectivity index is 3.12. The van der Waals surface area contributed by atoms with Crippen molar-refractivity contribution >= 4 is 30.2 Å². The zero-order chi connectivity index (χ0) is 14.1. The summed E-state index contributed by atoms with van der Waals surface area (Å²) in [5, 5.41) is 17.7. The number of ether oxygens (including phenoxy) is 1. The summed E-state index contributed by atoms with van der Waals surface area (Å²) < 4.78 is 18.5. The summed E-state index contributed by atoms with van der Waals surface area (Å²) >= 11 is 5.78. The van der Waals surface area contributed by atoms with E-state index in [9.17, 15) is 9.18 Å². The molecule has 1 aromatic rings. The van der Waals surface area contributed by atoms with Crippen molar-refractivity contribution in [2.45, 2.75) is 26.4 Å². The number of halogens is 2. The molecule has 0 radical (unpaired) electrons. The molecule has 1 rings (SSSR count). The van der Waals surface area contributed by atoms with Gasteiger partial charge in [-0.3, -0.25) is 0 Å². The zero-order valence-electron chi connectivity index (χ0n) is 10.2. The van der Waals surface area contributed by atoms with Crippen LogP contribution in [0.3, 0.4) is 0 Å². The Kier molecular flexibility index (Phi) is 4.37. The van der Waals surface area contributed by atoms with E-state index in [-0.39, 0.29) is 10.6 Å². The van der Waals surface area contributed by atoms with E-state index in [0.717, 1.165) is 12.1 Å². The highest BCUT2D eigenvalue weighted by atomic mass is 35.5. The van der Waals surface area contributed by atoms with Crippen LogP contribution in [0.5, 0.6) is 0 Å². The molecule has 0 saturated carbocycles. The van der Waals surface area contributed by atoms with Gasteiger partial charge in [0.1, 0.15) is 11.4 Å². The van der Waals surface area contributed by atoms with E-state index in [1.54, 1.807) is 20.8 Å². The lowest BCUT2D eigenvalue weighted by Crippen LogP contribution is -2.33. The van der Waals surface area contributed by atoms with Crippen LogP contribution in [0.4, 0.5) is 4.39 Å². The molecule has 0 heterocycles. The van der Waals surface area contributed by atoms with Gasteiger partial charge in [-0.15, -0.1) is 0 Å². The summed E-state index contributed by atoms with van der Waals surface area (Å²) in [6.07, 6.45) is 0. The SMILES string of the molecule is CC(C)(C)OC(=O)c1cc(F)c(B(O)O)cc1Cl. The second-order valence-corrected chi connectivity index (χ2v) is 5.14. The number of hydrogen-bond donors (Lipinski definition) is 2. The molecule has 0 aromatic heterocycles. The Morgan fingerprint density at radius 1 is 1.39 bits per heavy atom. The third-order valence-electron chi connectivity index (χ3n) is 1.98. The highest BCUT2D eigenvalue weighted by molar-refractivity contribution is 6.59. The summed E-state index contributed by atoms with van der Waals surface area (Å²) in [6.45, 7) is 5.00. The first-order valence-electron chi connectivity index (χ1n) is 5.20. The third kappa shape index (κ3) is 3.70. The lowest BCUT2D eigenvalue weighted by atomic mass is 9.79. The summed E-state index contributed by atoms with van der Waals surface area (Å²) in [5.74, 6) is -1.71. The van der Waals surface area contributed by atoms with Gasteiger partial charge in [-0.05, 0) is 32.9 Å². The van der Waals surface area contributed by atoms with Gasteiger partial charge in [0, 0.05) is 5.46 Å². The minimum Gasteiger partial charge on any atom is -0.456 e. The Bertz CT molecular complexity index is 471. The minimum absolute atomic E-state index is 0.103. The molecule has 0 aliphatic heterocycles. The first kappa shape index (κ1) is 15.0. The number of carbonyl (C=O) groups is 1. The summed E-state index contributed by atoms with van der Waals surface area (Å²) in [4.78, 5) is 11.7. The number of carbonyl (C=O) groups excluding carboxylic acids is 1. The van der Waals surface area contributed by atoms with Crippen molar-refractivity contribution < 1.29 is 24.0 Å². The van der Waals surface area contributed by atoms with Crippen LogP contribution < -0.4 is 5.46 Å². The predicted octanol–water partition coefficient (Wildman–Crippen LogP) is 1.11. The molecule has 0 aliphatic rings. The molecule has 0 fully saturated rings. The lowest BCUT2D eigenvalue weighted by Gasteiger charge is -2.20. The average molecular weight is 274 g/mol. The number of hydrogen-bond acceptors (Lipinski definition) is 4. The monoisotopic (exact) mass is 274 g/mol. The maximum Gasteiger partial charge on any atom is 0.491 e. The molecule has 2 N–H and O–H groups in total. The number of esters is 1. The van der Waals surface area contributed by atoms with E-state index < -0.39 is 30.0 Å². The third-order valence-corrected chi connectivity index (χ3v) is 2.30. The van der Waals surface area contributed by atoms with Gasteiger partial charge in [0.25, 0.3) is 0 Å². The van der Waals surface area contributed by atoms with Gasteiger partial charge >= 0.3 is 13.1 Å². The van der Waals surface area contributed by atoms with Gasteiger partial charge in [0.15, 0.2) is 0 Å². The Morgan fingerprint density at radius 2 is 1.94 bits per heavy atom. The standard InChI is InChI=1S/C11H13BClFO4/c1-11(2,3)18-10(15)6-4-9(14)7(12(16)17)5-8(6)13/h4-5,16-17H,1-3H3. The summed E-state index contributed by atoms with van der Waals surface area (Å²) in [5.41, 5.74) is -1.28. The summed E-state index contributed by atoms with van der Waals surface area (Å²) in [6, 6.07) is 1.81. The molecule has 18 heavy (non-hydrogen) atoms. The van der Waals surface area contributed by atoms with Crippen molar-refractivity contribution in [3.63, 3.8) is 0 Å². The van der Waals surface area contributed by atoms with E-state index >= 15 is 0 Å². The molecule has 7 heteroatoms. The maximum absolute atomic E-state index is 13.5. The predicted molar refractivity (Wildman–Crippen MR) is 66.4 cm³/mol. The zero-order valence-corrected chi connectivity index (χ0v) is 11.0. The second kappa shape index (κ2) is 5.26. The van der Waals surface area contributed by atoms with Crippen molar-refractivity contribution in [1.82, 2.24) is 0 Å². The summed E-state index contributed by atoms with van der Waals surface area (Å²) in [7, 11) is -1.99. The topological polar surface area (TPSA) is 66.8 Å². The van der Waals surface area contributed by atoms with Crippen molar-refractivity contribution in [2.24, 2.45) is 0 Å². The fourth-order valence-electron chi connectivity index (χ4n) is 1.25. The van der Waals surface area contributed by atoms with Crippen molar-refractivity contribution in [2.75, 3.05) is 0 Å². The van der Waals surface area contributed by atoms with E-state index in [4.69, 9.17) is 26.4 Å². The van der Waals surface area contributed by atoms with Crippen LogP contribution >= 0.6 is 11.6 Å². The van der Waals surface area contributed by atoms with Gasteiger partial charge < -0.3 is 14.8 Å². The van der Waals surface area contributed by atoms with E-state index in [1.807, 2.05) is 0 Å². The smallest absolute Gasteiger partial charge is 0.456 e. The number of benzene rings is 1. The molecule has 0 amide bonds. The maximum atomic E-state index is 13.5. The molecule has 0 aliphatic carbocycles. The molecular weight excluding hydrogens is 261 g/mol. The van der Waals surface area contributed by atoms with Crippen molar-refractivity contribution in [3.05, 3.63) is 28.5 Å². The van der Waals surface area contributed by atoms with Crippen LogP contribution in [0.25, 0.3) is 0 Å². The molecule has 0 bridgehead atoms. The van der Waals surface area contributed by atoms with Gasteiger partial charge in [0.2, 0.25) is 0 Å². The van der Waals surface area contributed by atoms with Gasteiger partial charge in [0.05, 0.1) is 10.6 Å². The minimum atomic E-state index is -1.99. The fraction of sp³-hybridized carbons (Fsp3) is 0.364. The first-order chi connectivity index (χ1) is 8.11. The molecular formula is C11H13BClFO4. The molecule has 1 aromatic carbocycles. The largest absolute Gasteiger partial charge is 0.491 e. The second-order valence-electron chi connectivity index (χ2n) is 4.73. The van der Waals surface area contributed by atoms with E-state index in [2.05, 4.69) is 0 Å². The Hall–Kier alpha value is -1.11. The molecule has 0 saturated heterocycles.